The van der Waals surface area contributed by atoms with Gasteiger partial charge < -0.3 is 130 Å². The minimum atomic E-state index is -2.13. The van der Waals surface area contributed by atoms with E-state index in [2.05, 4.69) is 5.32 Å². The Morgan fingerprint density at radius 3 is 1.44 bits per heavy atom. The molecule has 344 valence electrons. The number of rotatable bonds is 14. The molecule has 59 heavy (non-hydrogen) atoms. The van der Waals surface area contributed by atoms with Crippen molar-refractivity contribution in [1.82, 2.24) is 5.32 Å². The van der Waals surface area contributed by atoms with Gasteiger partial charge in [0.2, 0.25) is 5.91 Å². The van der Waals surface area contributed by atoms with Gasteiger partial charge in [0.25, 0.3) is 0 Å². The Labute approximate surface area is 333 Å². The Hall–Kier alpha value is -1.53. The van der Waals surface area contributed by atoms with Crippen LogP contribution in [0, 0.1) is 0 Å². The van der Waals surface area contributed by atoms with E-state index in [1.54, 1.807) is 0 Å². The van der Waals surface area contributed by atoms with Gasteiger partial charge in [-0.2, -0.15) is 0 Å². The first-order valence-electron chi connectivity index (χ1n) is 18.6. The van der Waals surface area contributed by atoms with E-state index in [1.807, 2.05) is 0 Å². The number of hydrogen-bond donors (Lipinski definition) is 17. The van der Waals surface area contributed by atoms with E-state index in [0.717, 1.165) is 6.92 Å². The molecule has 5 rings (SSSR count). The topological polar surface area (TPSA) is 436 Å². The van der Waals surface area contributed by atoms with E-state index in [0.29, 0.717) is 0 Å². The minimum Gasteiger partial charge on any atom is -0.394 e. The Morgan fingerprint density at radius 2 is 0.898 bits per heavy atom. The zero-order valence-corrected chi connectivity index (χ0v) is 31.2. The van der Waals surface area contributed by atoms with Crippen molar-refractivity contribution in [1.29, 1.82) is 0 Å². The Kier molecular flexibility index (Phi) is 17.1. The summed E-state index contributed by atoms with van der Waals surface area (Å²) in [6, 6.07) is -1.71. The molecule has 0 bridgehead atoms. The molecule has 25 atom stereocenters. The molecule has 0 aromatic rings. The zero-order chi connectivity index (χ0) is 43.6. The van der Waals surface area contributed by atoms with Crippen molar-refractivity contribution >= 4 is 5.91 Å². The molecule has 5 fully saturated rings. The van der Waals surface area contributed by atoms with Crippen LogP contribution < -0.4 is 5.32 Å². The molecule has 5 aliphatic heterocycles. The number of nitrogens with one attached hydrogen (secondary N) is 1. The minimum absolute atomic E-state index is 0.763. The van der Waals surface area contributed by atoms with E-state index in [1.165, 1.54) is 0 Å². The van der Waals surface area contributed by atoms with Crippen molar-refractivity contribution < 1.29 is 129 Å². The largest absolute Gasteiger partial charge is 0.394 e. The maximum Gasteiger partial charge on any atom is 0.217 e. The molecular weight excluding hydrogens is 814 g/mol. The first-order chi connectivity index (χ1) is 27.9. The van der Waals surface area contributed by atoms with Gasteiger partial charge in [0.1, 0.15) is 122 Å². The summed E-state index contributed by atoms with van der Waals surface area (Å²) in [5.41, 5.74) is 0. The van der Waals surface area contributed by atoms with E-state index in [-0.39, 0.29) is 0 Å². The highest BCUT2D eigenvalue weighted by molar-refractivity contribution is 5.73. The maximum absolute atomic E-state index is 12.3. The van der Waals surface area contributed by atoms with Gasteiger partial charge in [0, 0.05) is 6.92 Å². The summed E-state index contributed by atoms with van der Waals surface area (Å²) >= 11 is 0. The Bertz CT molecular complexity index is 1320. The molecular formula is C32H55NO26. The number of carbonyl (C=O) groups excluding carboxylic acids is 1. The number of ether oxygens (including phenoxy) is 9. The summed E-state index contributed by atoms with van der Waals surface area (Å²) in [5, 5.41) is 169. The molecule has 5 heterocycles. The average molecular weight is 870 g/mol. The van der Waals surface area contributed by atoms with E-state index in [4.69, 9.17) is 42.6 Å². The number of amides is 1. The Balaban J connectivity index is 1.35. The van der Waals surface area contributed by atoms with Crippen LogP contribution in [-0.2, 0) is 47.4 Å². The summed E-state index contributed by atoms with van der Waals surface area (Å²) < 4.78 is 50.1. The zero-order valence-electron chi connectivity index (χ0n) is 31.2. The van der Waals surface area contributed by atoms with Crippen LogP contribution in [0.1, 0.15) is 6.92 Å². The SMILES string of the molecule is CC(=O)N[C@H]1[C@H](O[C@@H]2[C@@H](O[C@H]3[C@H](O)[C@@H](CO[C@H]4O[C@H](CO)[C@@H](O)[C@H](O)[C@@H]4O)OC(O)[C@H]3O)O[C@H](CO)[C@@H](O)[C@@H]2O)O[C@H](CO)[C@@H](O[C@@H]2O[C@H](CO)[C@H](O)[C@H](O)[C@H]2O)[C@@H]1O. The lowest BCUT2D eigenvalue weighted by molar-refractivity contribution is -0.389. The smallest absolute Gasteiger partial charge is 0.217 e. The predicted molar refractivity (Wildman–Crippen MR) is 178 cm³/mol. The third kappa shape index (κ3) is 10.3. The van der Waals surface area contributed by atoms with Gasteiger partial charge in [-0.05, 0) is 0 Å². The molecule has 27 nitrogen and oxygen atoms in total. The second kappa shape index (κ2) is 20.8. The molecule has 1 unspecified atom stereocenters. The fourth-order valence-corrected chi connectivity index (χ4v) is 7.30. The van der Waals surface area contributed by atoms with E-state index < -0.39 is 192 Å². The van der Waals surface area contributed by atoms with Gasteiger partial charge in [0.15, 0.2) is 31.5 Å². The van der Waals surface area contributed by atoms with E-state index >= 15 is 0 Å². The lowest BCUT2D eigenvalue weighted by atomic mass is 9.94. The summed E-state index contributed by atoms with van der Waals surface area (Å²) in [4.78, 5) is 12.3. The van der Waals surface area contributed by atoms with Crippen molar-refractivity contribution in [3.05, 3.63) is 0 Å². The van der Waals surface area contributed by atoms with Gasteiger partial charge in [-0.1, -0.05) is 0 Å². The van der Waals surface area contributed by atoms with Gasteiger partial charge in [0.05, 0.1) is 33.0 Å². The second-order valence-electron chi connectivity index (χ2n) is 14.7. The maximum atomic E-state index is 12.3. The molecule has 0 saturated carbocycles. The highest BCUT2D eigenvalue weighted by atomic mass is 16.8. The molecule has 5 aliphatic rings. The molecule has 0 aliphatic carbocycles. The predicted octanol–water partition coefficient (Wildman–Crippen LogP) is -11.8. The first-order valence-corrected chi connectivity index (χ1v) is 18.6. The third-order valence-electron chi connectivity index (χ3n) is 10.7. The molecule has 1 amide bonds. The number of aliphatic hydroxyl groups excluding tert-OH is 16. The van der Waals surface area contributed by atoms with Crippen LogP contribution in [0.25, 0.3) is 0 Å². The van der Waals surface area contributed by atoms with Crippen LogP contribution in [0.3, 0.4) is 0 Å². The highest BCUT2D eigenvalue weighted by Crippen LogP contribution is 2.35. The number of aliphatic hydroxyl groups is 16. The average Bonchev–Trinajstić information content (AvgIpc) is 3.21. The van der Waals surface area contributed by atoms with Gasteiger partial charge in [-0.25, -0.2) is 0 Å². The third-order valence-corrected chi connectivity index (χ3v) is 10.7. The van der Waals surface area contributed by atoms with Crippen LogP contribution in [0.4, 0.5) is 0 Å². The molecule has 0 aromatic carbocycles. The quantitative estimate of drug-likeness (QED) is 0.0770. The second-order valence-corrected chi connectivity index (χ2v) is 14.7. The van der Waals surface area contributed by atoms with Crippen molar-refractivity contribution in [2.75, 3.05) is 33.0 Å². The van der Waals surface area contributed by atoms with Crippen molar-refractivity contribution in [2.45, 2.75) is 160 Å². The lowest BCUT2D eigenvalue weighted by Gasteiger charge is -2.50. The highest BCUT2D eigenvalue weighted by Gasteiger charge is 2.56. The monoisotopic (exact) mass is 869 g/mol. The standard InChI is InChI=1S/C32H55NO26/c1-7(38)33-13-18(43)25(57-31-23(48)20(45)15(40)9(3-35)54-31)11(5-37)56-29(13)59-27-21(46)16(41)10(4-36)55-32(27)58-26-17(42)12(52-28(50)24(26)49)6-51-30-22(47)19(44)14(39)8(2-34)53-30/h8-32,34-37,39-50H,2-6H2,1H3,(H,33,38)/t8-,9-,10-,11-,12-,13-,14-,15+,16-,17-,18-,19+,20+,21+,22+,23-,24+,25-,26+,27+,28?,29+,30+,31+,32-/m1/s1. The Morgan fingerprint density at radius 1 is 0.441 bits per heavy atom. The van der Waals surface area contributed by atoms with Gasteiger partial charge in [-0.3, -0.25) is 4.79 Å². The fourth-order valence-electron chi connectivity index (χ4n) is 7.30. The van der Waals surface area contributed by atoms with Crippen molar-refractivity contribution in [3.63, 3.8) is 0 Å². The van der Waals surface area contributed by atoms with Crippen molar-refractivity contribution in [3.8, 4) is 0 Å². The van der Waals surface area contributed by atoms with Crippen LogP contribution in [-0.4, -0.2) is 274 Å². The summed E-state index contributed by atoms with van der Waals surface area (Å²) in [6.07, 6.45) is -44.2. The normalized spacial score (nSPS) is 51.0. The molecule has 0 aromatic heterocycles. The van der Waals surface area contributed by atoms with Crippen LogP contribution in [0.2, 0.25) is 0 Å². The van der Waals surface area contributed by atoms with Crippen LogP contribution >= 0.6 is 0 Å². The number of carbonyl (C=O) groups is 1. The van der Waals surface area contributed by atoms with Gasteiger partial charge >= 0.3 is 0 Å². The molecule has 27 heteroatoms. The van der Waals surface area contributed by atoms with Crippen LogP contribution in [0.5, 0.6) is 0 Å². The van der Waals surface area contributed by atoms with Gasteiger partial charge in [-0.15, -0.1) is 0 Å². The molecule has 0 radical (unpaired) electrons. The first kappa shape index (κ1) is 48.5. The van der Waals surface area contributed by atoms with Crippen molar-refractivity contribution in [2.24, 2.45) is 0 Å². The summed E-state index contributed by atoms with van der Waals surface area (Å²) in [7, 11) is 0. The van der Waals surface area contributed by atoms with E-state index in [9.17, 15) is 86.5 Å². The number of hydrogen-bond acceptors (Lipinski definition) is 26. The van der Waals surface area contributed by atoms with Crippen LogP contribution in [0.15, 0.2) is 0 Å². The lowest BCUT2D eigenvalue weighted by Crippen LogP contribution is -2.70. The molecule has 17 N–H and O–H groups in total. The fraction of sp³-hybridized carbons (Fsp3) is 0.969. The summed E-state index contributed by atoms with van der Waals surface area (Å²) in [6.45, 7) is -3.29. The summed E-state index contributed by atoms with van der Waals surface area (Å²) in [5.74, 6) is -0.812. The molecule has 5 saturated heterocycles. The molecule has 0 spiro atoms.